The second-order valence-corrected chi connectivity index (χ2v) is 8.01. The van der Waals surface area contributed by atoms with Gasteiger partial charge < -0.3 is 10.6 Å². The molecular formula is C22H18ClF3N6S. The van der Waals surface area contributed by atoms with Gasteiger partial charge in [-0.2, -0.15) is 23.4 Å². The maximum atomic E-state index is 12.9. The minimum absolute atomic E-state index is 0.193. The van der Waals surface area contributed by atoms with Crippen molar-refractivity contribution in [2.24, 2.45) is 0 Å². The van der Waals surface area contributed by atoms with Crippen LogP contribution in [0.15, 0.2) is 73.2 Å². The van der Waals surface area contributed by atoms with Gasteiger partial charge in [0.25, 0.3) is 0 Å². The Hall–Kier alpha value is -3.37. The summed E-state index contributed by atoms with van der Waals surface area (Å²) in [6.07, 6.45) is 0.619. The van der Waals surface area contributed by atoms with Crippen LogP contribution in [0.5, 0.6) is 0 Å². The van der Waals surface area contributed by atoms with Crippen molar-refractivity contribution in [3.8, 4) is 0 Å². The van der Waals surface area contributed by atoms with Crippen LogP contribution in [0.1, 0.15) is 16.7 Å². The summed E-state index contributed by atoms with van der Waals surface area (Å²) in [5, 5.41) is 15.5. The van der Waals surface area contributed by atoms with Crippen LogP contribution in [0.25, 0.3) is 0 Å². The molecule has 170 valence electrons. The summed E-state index contributed by atoms with van der Waals surface area (Å²) in [5.74, 6) is 0.552. The predicted octanol–water partition coefficient (Wildman–Crippen LogP) is 5.66. The van der Waals surface area contributed by atoms with Crippen LogP contribution < -0.4 is 10.6 Å². The number of thiocarbonyl (C=S) groups is 1. The number of hydrogen-bond acceptors (Lipinski definition) is 3. The van der Waals surface area contributed by atoms with Crippen LogP contribution in [0.3, 0.4) is 0 Å². The average Bonchev–Trinajstić information content (AvgIpc) is 3.38. The van der Waals surface area contributed by atoms with E-state index in [1.807, 2.05) is 24.3 Å². The van der Waals surface area contributed by atoms with Crippen molar-refractivity contribution in [2.75, 3.05) is 10.6 Å². The smallest absolute Gasteiger partial charge is 0.330 e. The predicted molar refractivity (Wildman–Crippen MR) is 125 cm³/mol. The van der Waals surface area contributed by atoms with Crippen LogP contribution in [-0.4, -0.2) is 24.7 Å². The number of nitrogens with one attached hydrogen (secondary N) is 2. The van der Waals surface area contributed by atoms with Crippen molar-refractivity contribution >= 4 is 40.4 Å². The molecule has 0 fully saturated rings. The number of rotatable bonds is 6. The summed E-state index contributed by atoms with van der Waals surface area (Å²) in [5.41, 5.74) is 1.34. The van der Waals surface area contributed by atoms with E-state index in [1.165, 1.54) is 16.9 Å². The van der Waals surface area contributed by atoms with Crippen LogP contribution >= 0.6 is 23.8 Å². The number of hydrogen-bond donors (Lipinski definition) is 2. The minimum atomic E-state index is -4.38. The lowest BCUT2D eigenvalue weighted by atomic mass is 10.1. The Bertz CT molecular complexity index is 1270. The first-order valence-electron chi connectivity index (χ1n) is 9.80. The molecule has 0 spiro atoms. The molecule has 0 bridgehead atoms. The Morgan fingerprint density at radius 2 is 1.82 bits per heavy atom. The molecule has 6 nitrogen and oxygen atoms in total. The molecule has 0 radical (unpaired) electrons. The van der Waals surface area contributed by atoms with Gasteiger partial charge in [-0.25, -0.2) is 0 Å². The number of halogens is 4. The zero-order chi connectivity index (χ0) is 23.4. The molecule has 2 aromatic heterocycles. The minimum Gasteiger partial charge on any atom is -0.330 e. The van der Waals surface area contributed by atoms with Crippen molar-refractivity contribution in [1.82, 2.24) is 19.6 Å². The Morgan fingerprint density at radius 3 is 2.61 bits per heavy atom. The number of alkyl halides is 3. The number of benzene rings is 2. The Morgan fingerprint density at radius 1 is 1.00 bits per heavy atom. The van der Waals surface area contributed by atoms with E-state index in [4.69, 9.17) is 23.8 Å². The zero-order valence-electron chi connectivity index (χ0n) is 17.1. The van der Waals surface area contributed by atoms with Crippen LogP contribution in [-0.2, 0) is 19.3 Å². The molecule has 0 atom stereocenters. The summed E-state index contributed by atoms with van der Waals surface area (Å²) >= 11 is 11.5. The zero-order valence-corrected chi connectivity index (χ0v) is 18.6. The van der Waals surface area contributed by atoms with Crippen molar-refractivity contribution < 1.29 is 13.2 Å². The van der Waals surface area contributed by atoms with Crippen molar-refractivity contribution in [2.45, 2.75) is 19.3 Å². The summed E-state index contributed by atoms with van der Waals surface area (Å²) in [6, 6.07) is 14.5. The molecule has 0 aliphatic rings. The van der Waals surface area contributed by atoms with Gasteiger partial charge in [0.15, 0.2) is 10.9 Å². The quantitative estimate of drug-likeness (QED) is 0.342. The fraction of sp³-hybridized carbons (Fsp3) is 0.136. The van der Waals surface area contributed by atoms with E-state index >= 15 is 0 Å². The average molecular weight is 491 g/mol. The topological polar surface area (TPSA) is 59.7 Å². The molecule has 2 N–H and O–H groups in total. The standard InChI is InChI=1S/C22H18ClF3N6S/c23-19-7-2-1-5-16(19)13-31-9-8-20(30-31)29-21(33)28-18-11-27-32(14-18)12-15-4-3-6-17(10-15)22(24,25)26/h1-11,14H,12-13H2,(H2,28,29,30,33). The van der Waals surface area contributed by atoms with Gasteiger partial charge in [-0.15, -0.1) is 0 Å². The van der Waals surface area contributed by atoms with Crippen molar-refractivity contribution in [1.29, 1.82) is 0 Å². The molecule has 0 saturated carbocycles. The summed E-state index contributed by atoms with van der Waals surface area (Å²) < 4.78 is 41.9. The van der Waals surface area contributed by atoms with E-state index in [0.29, 0.717) is 33.7 Å². The van der Waals surface area contributed by atoms with Gasteiger partial charge in [-0.3, -0.25) is 9.36 Å². The van der Waals surface area contributed by atoms with Gasteiger partial charge >= 0.3 is 6.18 Å². The first kappa shape index (κ1) is 22.8. The highest BCUT2D eigenvalue weighted by molar-refractivity contribution is 7.80. The van der Waals surface area contributed by atoms with Crippen molar-refractivity contribution in [3.05, 3.63) is 94.9 Å². The maximum absolute atomic E-state index is 12.9. The third-order valence-corrected chi connectivity index (χ3v) is 5.24. The lowest BCUT2D eigenvalue weighted by molar-refractivity contribution is -0.137. The largest absolute Gasteiger partial charge is 0.416 e. The Labute approximate surface area is 198 Å². The molecule has 0 aliphatic carbocycles. The van der Waals surface area contributed by atoms with E-state index in [1.54, 1.807) is 29.2 Å². The molecule has 4 aromatic rings. The molecule has 0 aliphatic heterocycles. The Balaban J connectivity index is 1.33. The Kier molecular flexibility index (Phi) is 6.66. The fourth-order valence-corrected chi connectivity index (χ4v) is 3.56. The van der Waals surface area contributed by atoms with Gasteiger partial charge in [0.2, 0.25) is 0 Å². The van der Waals surface area contributed by atoms with Crippen LogP contribution in [0, 0.1) is 0 Å². The number of aromatic nitrogens is 4. The molecule has 2 aromatic carbocycles. The highest BCUT2D eigenvalue weighted by Crippen LogP contribution is 2.29. The van der Waals surface area contributed by atoms with Gasteiger partial charge in [-0.05, 0) is 41.5 Å². The molecule has 0 amide bonds. The SMILES string of the molecule is FC(F)(F)c1cccc(Cn2cc(NC(=S)Nc3ccn(Cc4ccccc4Cl)n3)cn2)c1. The first-order valence-corrected chi connectivity index (χ1v) is 10.6. The molecule has 11 heteroatoms. The van der Waals surface area contributed by atoms with E-state index in [0.717, 1.165) is 17.7 Å². The van der Waals surface area contributed by atoms with Gasteiger partial charge in [0.05, 0.1) is 30.5 Å². The van der Waals surface area contributed by atoms with Crippen LogP contribution in [0.2, 0.25) is 5.02 Å². The van der Waals surface area contributed by atoms with E-state index in [9.17, 15) is 13.2 Å². The van der Waals surface area contributed by atoms with E-state index in [-0.39, 0.29) is 6.54 Å². The molecular weight excluding hydrogens is 473 g/mol. The van der Waals surface area contributed by atoms with Crippen LogP contribution in [0.4, 0.5) is 24.7 Å². The van der Waals surface area contributed by atoms with Gasteiger partial charge in [0.1, 0.15) is 0 Å². The van der Waals surface area contributed by atoms with Gasteiger partial charge in [-0.1, -0.05) is 41.9 Å². The second kappa shape index (κ2) is 9.63. The third kappa shape index (κ3) is 6.11. The molecule has 2 heterocycles. The normalized spacial score (nSPS) is 11.4. The van der Waals surface area contributed by atoms with E-state index in [2.05, 4.69) is 20.8 Å². The van der Waals surface area contributed by atoms with E-state index < -0.39 is 11.7 Å². The highest BCUT2D eigenvalue weighted by atomic mass is 35.5. The molecule has 0 saturated heterocycles. The summed E-state index contributed by atoms with van der Waals surface area (Å²) in [6.45, 7) is 0.710. The summed E-state index contributed by atoms with van der Waals surface area (Å²) in [7, 11) is 0. The summed E-state index contributed by atoms with van der Waals surface area (Å²) in [4.78, 5) is 0. The van der Waals surface area contributed by atoms with Gasteiger partial charge in [0, 0.05) is 23.5 Å². The lowest BCUT2D eigenvalue weighted by Crippen LogP contribution is -2.19. The molecule has 4 rings (SSSR count). The molecule has 33 heavy (non-hydrogen) atoms. The monoisotopic (exact) mass is 490 g/mol. The third-order valence-electron chi connectivity index (χ3n) is 4.66. The first-order chi connectivity index (χ1) is 15.8. The number of nitrogens with zero attached hydrogens (tertiary/aromatic N) is 4. The lowest BCUT2D eigenvalue weighted by Gasteiger charge is -2.09. The second-order valence-electron chi connectivity index (χ2n) is 7.19. The fourth-order valence-electron chi connectivity index (χ4n) is 3.14. The maximum Gasteiger partial charge on any atom is 0.416 e. The van der Waals surface area contributed by atoms with Crippen molar-refractivity contribution in [3.63, 3.8) is 0 Å². The number of anilines is 2. The highest BCUT2D eigenvalue weighted by Gasteiger charge is 2.30. The molecule has 0 unspecified atom stereocenters.